The Hall–Kier alpha value is -0.830. The normalized spacial score (nSPS) is 18.0. The number of hydrogen-bond donors (Lipinski definition) is 0. The summed E-state index contributed by atoms with van der Waals surface area (Å²) in [6.45, 7) is 4.09. The van der Waals surface area contributed by atoms with Crippen molar-refractivity contribution in [2.24, 2.45) is 0 Å². The van der Waals surface area contributed by atoms with E-state index in [0.717, 1.165) is 24.8 Å². The van der Waals surface area contributed by atoms with Gasteiger partial charge in [-0.25, -0.2) is 4.68 Å². The highest BCUT2D eigenvalue weighted by Gasteiger charge is 2.23. The Balaban J connectivity index is 2.34. The number of rotatable bonds is 3. The monoisotopic (exact) mass is 268 g/mol. The van der Waals surface area contributed by atoms with Gasteiger partial charge in [-0.3, -0.25) is 4.79 Å². The van der Waals surface area contributed by atoms with Crippen molar-refractivity contribution < 1.29 is 4.79 Å². The lowest BCUT2D eigenvalue weighted by molar-refractivity contribution is 0.112. The van der Waals surface area contributed by atoms with E-state index in [0.29, 0.717) is 16.8 Å². The molecular formula is C14H21ClN2O. The summed E-state index contributed by atoms with van der Waals surface area (Å²) < 4.78 is 1.89. The van der Waals surface area contributed by atoms with E-state index in [4.69, 9.17) is 11.6 Å². The van der Waals surface area contributed by atoms with Gasteiger partial charge in [0.25, 0.3) is 0 Å². The maximum absolute atomic E-state index is 11.2. The fraction of sp³-hybridized carbons (Fsp3) is 0.714. The largest absolute Gasteiger partial charge is 0.298 e. The van der Waals surface area contributed by atoms with Crippen LogP contribution in [0.2, 0.25) is 5.15 Å². The molecule has 0 amide bonds. The first kappa shape index (κ1) is 13.6. The molecule has 1 fully saturated rings. The summed E-state index contributed by atoms with van der Waals surface area (Å²) in [5.74, 6) is 0.231. The zero-order valence-corrected chi connectivity index (χ0v) is 11.9. The molecule has 0 bridgehead atoms. The first-order valence-electron chi connectivity index (χ1n) is 6.88. The molecule has 0 radical (unpaired) electrons. The molecule has 1 saturated carbocycles. The van der Waals surface area contributed by atoms with Crippen LogP contribution < -0.4 is 0 Å². The molecule has 4 heteroatoms. The lowest BCUT2D eigenvalue weighted by atomic mass is 10.1. The zero-order chi connectivity index (χ0) is 13.1. The van der Waals surface area contributed by atoms with Crippen molar-refractivity contribution in [1.82, 2.24) is 9.78 Å². The van der Waals surface area contributed by atoms with E-state index < -0.39 is 0 Å². The van der Waals surface area contributed by atoms with Gasteiger partial charge in [0, 0.05) is 0 Å². The molecule has 0 spiro atoms. The average molecular weight is 269 g/mol. The Bertz CT molecular complexity index is 418. The fourth-order valence-corrected chi connectivity index (χ4v) is 3.04. The molecule has 1 aromatic rings. The summed E-state index contributed by atoms with van der Waals surface area (Å²) in [4.78, 5) is 11.2. The minimum Gasteiger partial charge on any atom is -0.298 e. The van der Waals surface area contributed by atoms with Crippen LogP contribution in [-0.4, -0.2) is 16.1 Å². The smallest absolute Gasteiger partial charge is 0.155 e. The van der Waals surface area contributed by atoms with Crippen molar-refractivity contribution in [2.45, 2.75) is 64.3 Å². The Morgan fingerprint density at radius 1 is 1.28 bits per heavy atom. The summed E-state index contributed by atoms with van der Waals surface area (Å²) in [5.41, 5.74) is 1.41. The molecule has 0 N–H and O–H groups in total. The number of aromatic nitrogens is 2. The zero-order valence-electron chi connectivity index (χ0n) is 11.2. The number of aldehydes is 1. The lowest BCUT2D eigenvalue weighted by Crippen LogP contribution is -2.10. The van der Waals surface area contributed by atoms with Crippen LogP contribution in [0.5, 0.6) is 0 Å². The van der Waals surface area contributed by atoms with Crippen molar-refractivity contribution in [3.8, 4) is 0 Å². The van der Waals surface area contributed by atoms with Crippen LogP contribution in [0.4, 0.5) is 0 Å². The Morgan fingerprint density at radius 2 is 1.89 bits per heavy atom. The second kappa shape index (κ2) is 5.87. The summed E-state index contributed by atoms with van der Waals surface area (Å²) in [7, 11) is 0. The molecule has 1 aliphatic carbocycles. The van der Waals surface area contributed by atoms with Crippen LogP contribution in [0.15, 0.2) is 0 Å². The predicted octanol–water partition coefficient (Wildman–Crippen LogP) is 4.37. The van der Waals surface area contributed by atoms with Crippen molar-refractivity contribution in [3.63, 3.8) is 0 Å². The number of hydrogen-bond acceptors (Lipinski definition) is 2. The van der Waals surface area contributed by atoms with E-state index in [-0.39, 0.29) is 5.92 Å². The third kappa shape index (κ3) is 2.61. The molecule has 0 aliphatic heterocycles. The molecular weight excluding hydrogens is 248 g/mol. The quantitative estimate of drug-likeness (QED) is 0.603. The van der Waals surface area contributed by atoms with E-state index in [2.05, 4.69) is 5.10 Å². The Morgan fingerprint density at radius 3 is 2.33 bits per heavy atom. The number of carbonyl (C=O) groups is 1. The molecule has 1 heterocycles. The molecule has 1 aliphatic rings. The molecule has 0 saturated heterocycles. The predicted molar refractivity (Wildman–Crippen MR) is 73.5 cm³/mol. The van der Waals surface area contributed by atoms with Gasteiger partial charge >= 0.3 is 0 Å². The number of halogens is 1. The minimum absolute atomic E-state index is 0.231. The van der Waals surface area contributed by atoms with Crippen LogP contribution in [0.3, 0.4) is 0 Å². The van der Waals surface area contributed by atoms with Gasteiger partial charge in [-0.2, -0.15) is 5.10 Å². The molecule has 18 heavy (non-hydrogen) atoms. The van der Waals surface area contributed by atoms with E-state index in [1.807, 2.05) is 18.5 Å². The van der Waals surface area contributed by atoms with Crippen molar-refractivity contribution in [3.05, 3.63) is 16.4 Å². The summed E-state index contributed by atoms with van der Waals surface area (Å²) >= 11 is 6.33. The topological polar surface area (TPSA) is 34.9 Å². The summed E-state index contributed by atoms with van der Waals surface area (Å²) in [6, 6.07) is 0.367. The molecule has 100 valence electrons. The minimum atomic E-state index is 0.231. The third-order valence-electron chi connectivity index (χ3n) is 3.75. The van der Waals surface area contributed by atoms with Crippen LogP contribution in [-0.2, 0) is 0 Å². The maximum Gasteiger partial charge on any atom is 0.155 e. The lowest BCUT2D eigenvalue weighted by Gasteiger charge is -2.15. The van der Waals surface area contributed by atoms with Crippen LogP contribution in [0.1, 0.15) is 80.4 Å². The van der Waals surface area contributed by atoms with Crippen molar-refractivity contribution >= 4 is 17.9 Å². The van der Waals surface area contributed by atoms with Crippen LogP contribution in [0, 0.1) is 0 Å². The second-order valence-corrected chi connectivity index (χ2v) is 5.81. The van der Waals surface area contributed by atoms with Crippen molar-refractivity contribution in [2.75, 3.05) is 0 Å². The van der Waals surface area contributed by atoms with Gasteiger partial charge in [-0.15, -0.1) is 0 Å². The van der Waals surface area contributed by atoms with Gasteiger partial charge in [0.2, 0.25) is 0 Å². The average Bonchev–Trinajstić information content (AvgIpc) is 2.55. The van der Waals surface area contributed by atoms with Gasteiger partial charge in [0.1, 0.15) is 5.15 Å². The Kier molecular flexibility index (Phi) is 4.44. The summed E-state index contributed by atoms with van der Waals surface area (Å²) in [6.07, 6.45) is 8.15. The highest BCUT2D eigenvalue weighted by molar-refractivity contribution is 6.32. The van der Waals surface area contributed by atoms with Crippen LogP contribution >= 0.6 is 11.6 Å². The van der Waals surface area contributed by atoms with E-state index in [1.165, 1.54) is 25.7 Å². The van der Waals surface area contributed by atoms with Crippen LogP contribution in [0.25, 0.3) is 0 Å². The van der Waals surface area contributed by atoms with Gasteiger partial charge in [0.15, 0.2) is 6.29 Å². The summed E-state index contributed by atoms with van der Waals surface area (Å²) in [5, 5.41) is 5.13. The molecule has 2 rings (SSSR count). The molecule has 3 nitrogen and oxygen atoms in total. The Labute approximate surface area is 114 Å². The van der Waals surface area contributed by atoms with Gasteiger partial charge in [-0.1, -0.05) is 51.1 Å². The third-order valence-corrected chi connectivity index (χ3v) is 4.13. The van der Waals surface area contributed by atoms with Gasteiger partial charge < -0.3 is 0 Å². The molecule has 0 aromatic carbocycles. The van der Waals surface area contributed by atoms with Gasteiger partial charge in [-0.05, 0) is 18.8 Å². The molecule has 0 atom stereocenters. The first-order valence-corrected chi connectivity index (χ1v) is 7.26. The van der Waals surface area contributed by atoms with Crippen molar-refractivity contribution in [1.29, 1.82) is 0 Å². The highest BCUT2D eigenvalue weighted by Crippen LogP contribution is 2.33. The number of carbonyl (C=O) groups excluding carboxylic acids is 1. The van der Waals surface area contributed by atoms with E-state index in [1.54, 1.807) is 0 Å². The molecule has 1 aromatic heterocycles. The second-order valence-electron chi connectivity index (χ2n) is 5.45. The molecule has 0 unspecified atom stereocenters. The number of nitrogens with zero attached hydrogens (tertiary/aromatic N) is 2. The van der Waals surface area contributed by atoms with E-state index >= 15 is 0 Å². The highest BCUT2D eigenvalue weighted by atomic mass is 35.5. The first-order chi connectivity index (χ1) is 8.65. The SMILES string of the molecule is CC(C)c1nn(C2CCCCCC2)c(Cl)c1C=O. The van der Waals surface area contributed by atoms with Gasteiger partial charge in [0.05, 0.1) is 17.3 Å². The standard InChI is InChI=1S/C14H21ClN2O/c1-10(2)13-12(9-18)14(15)17(16-13)11-7-5-3-4-6-8-11/h9-11H,3-8H2,1-2H3. The van der Waals surface area contributed by atoms with E-state index in [9.17, 15) is 4.79 Å². The fourth-order valence-electron chi connectivity index (χ4n) is 2.72. The maximum atomic E-state index is 11.2.